The van der Waals surface area contributed by atoms with Crippen LogP contribution in [0.4, 0.5) is 0 Å². The third-order valence-electron chi connectivity index (χ3n) is 2.53. The monoisotopic (exact) mass is 244 g/mol. The highest BCUT2D eigenvalue weighted by molar-refractivity contribution is 5.71. The number of unbranched alkanes of at least 4 members (excludes halogenated alkanes) is 3. The van der Waals surface area contributed by atoms with Crippen molar-refractivity contribution in [3.8, 4) is 0 Å². The van der Waals surface area contributed by atoms with Crippen LogP contribution in [0.1, 0.15) is 65.2 Å². The van der Waals surface area contributed by atoms with Gasteiger partial charge in [0.2, 0.25) is 0 Å². The van der Waals surface area contributed by atoms with Crippen LogP contribution in [0.2, 0.25) is 0 Å². The van der Waals surface area contributed by atoms with Gasteiger partial charge in [-0.3, -0.25) is 9.59 Å². The van der Waals surface area contributed by atoms with Gasteiger partial charge < -0.3 is 9.84 Å². The molecule has 0 amide bonds. The van der Waals surface area contributed by atoms with Gasteiger partial charge in [-0.15, -0.1) is 0 Å². The van der Waals surface area contributed by atoms with E-state index in [0.717, 1.165) is 32.1 Å². The van der Waals surface area contributed by atoms with Gasteiger partial charge in [0, 0.05) is 6.42 Å². The smallest absolute Gasteiger partial charge is 0.307 e. The highest BCUT2D eigenvalue weighted by Crippen LogP contribution is 2.12. The minimum Gasteiger partial charge on any atom is -0.481 e. The highest BCUT2D eigenvalue weighted by Gasteiger charge is 2.17. The Morgan fingerprint density at radius 2 is 1.82 bits per heavy atom. The number of carboxylic acid groups (broad SMARTS) is 1. The van der Waals surface area contributed by atoms with Gasteiger partial charge in [-0.1, -0.05) is 33.1 Å². The van der Waals surface area contributed by atoms with Gasteiger partial charge in [0.05, 0.1) is 6.42 Å². The minimum atomic E-state index is -0.908. The van der Waals surface area contributed by atoms with Gasteiger partial charge in [0.15, 0.2) is 0 Å². The van der Waals surface area contributed by atoms with E-state index >= 15 is 0 Å². The number of carbonyl (C=O) groups excluding carboxylic acids is 1. The maximum atomic E-state index is 11.3. The highest BCUT2D eigenvalue weighted by atomic mass is 16.5. The van der Waals surface area contributed by atoms with Crippen molar-refractivity contribution in [1.29, 1.82) is 0 Å². The molecule has 0 saturated heterocycles. The Balaban J connectivity index is 3.95. The lowest BCUT2D eigenvalue weighted by Gasteiger charge is -2.15. The average Bonchev–Trinajstić information content (AvgIpc) is 2.23. The van der Waals surface area contributed by atoms with E-state index in [1.165, 1.54) is 0 Å². The number of esters is 1. The first kappa shape index (κ1) is 15.9. The van der Waals surface area contributed by atoms with Gasteiger partial charge in [0.25, 0.3) is 0 Å². The molecule has 4 heteroatoms. The standard InChI is InChI=1S/C13H24O4/c1-3-5-6-7-9-11(10-12(14)15)17-13(16)8-4-2/h11H,3-10H2,1-2H3,(H,14,15). The Bertz CT molecular complexity index is 225. The van der Waals surface area contributed by atoms with Gasteiger partial charge in [-0.25, -0.2) is 0 Å². The second-order valence-electron chi connectivity index (χ2n) is 4.31. The summed E-state index contributed by atoms with van der Waals surface area (Å²) in [6.07, 6.45) is 5.48. The number of carboxylic acids is 1. The second-order valence-corrected chi connectivity index (χ2v) is 4.31. The van der Waals surface area contributed by atoms with Crippen LogP contribution in [-0.4, -0.2) is 23.1 Å². The Labute approximate surface area is 103 Å². The number of ether oxygens (including phenoxy) is 1. The zero-order chi connectivity index (χ0) is 13.1. The average molecular weight is 244 g/mol. The Kier molecular flexibility index (Phi) is 9.49. The normalized spacial score (nSPS) is 12.1. The van der Waals surface area contributed by atoms with E-state index in [0.29, 0.717) is 12.8 Å². The molecule has 0 aliphatic heterocycles. The van der Waals surface area contributed by atoms with Crippen LogP contribution >= 0.6 is 0 Å². The van der Waals surface area contributed by atoms with Crippen molar-refractivity contribution in [2.24, 2.45) is 0 Å². The fraction of sp³-hybridized carbons (Fsp3) is 0.846. The topological polar surface area (TPSA) is 63.6 Å². The molecule has 17 heavy (non-hydrogen) atoms. The lowest BCUT2D eigenvalue weighted by atomic mass is 10.1. The van der Waals surface area contributed by atoms with Crippen molar-refractivity contribution in [1.82, 2.24) is 0 Å². The van der Waals surface area contributed by atoms with Crippen LogP contribution in [0.3, 0.4) is 0 Å². The zero-order valence-corrected chi connectivity index (χ0v) is 10.9. The fourth-order valence-electron chi connectivity index (χ4n) is 1.65. The van der Waals surface area contributed by atoms with E-state index in [1.807, 2.05) is 6.92 Å². The van der Waals surface area contributed by atoms with Crippen molar-refractivity contribution in [2.45, 2.75) is 71.3 Å². The Hall–Kier alpha value is -1.06. The number of hydrogen-bond acceptors (Lipinski definition) is 3. The first-order valence-electron chi connectivity index (χ1n) is 6.51. The maximum Gasteiger partial charge on any atom is 0.307 e. The SMILES string of the molecule is CCCCCCC(CC(=O)O)OC(=O)CCC. The molecule has 1 unspecified atom stereocenters. The van der Waals surface area contributed by atoms with E-state index < -0.39 is 12.1 Å². The molecule has 100 valence electrons. The number of rotatable bonds is 10. The lowest BCUT2D eigenvalue weighted by molar-refractivity contribution is -0.153. The molecule has 0 saturated carbocycles. The summed E-state index contributed by atoms with van der Waals surface area (Å²) < 4.78 is 5.16. The van der Waals surface area contributed by atoms with Crippen LogP contribution in [0, 0.1) is 0 Å². The molecule has 0 rings (SSSR count). The zero-order valence-electron chi connectivity index (χ0n) is 10.9. The number of carbonyl (C=O) groups is 2. The third kappa shape index (κ3) is 9.85. The van der Waals surface area contributed by atoms with Crippen molar-refractivity contribution in [2.75, 3.05) is 0 Å². The molecule has 0 spiro atoms. The largest absolute Gasteiger partial charge is 0.481 e. The number of hydrogen-bond donors (Lipinski definition) is 1. The fourth-order valence-corrected chi connectivity index (χ4v) is 1.65. The predicted molar refractivity (Wildman–Crippen MR) is 65.8 cm³/mol. The molecule has 0 fully saturated rings. The van der Waals surface area contributed by atoms with E-state index in [1.54, 1.807) is 0 Å². The molecule has 0 aromatic rings. The maximum absolute atomic E-state index is 11.3. The minimum absolute atomic E-state index is 0.0818. The predicted octanol–water partition coefficient (Wildman–Crippen LogP) is 3.14. The summed E-state index contributed by atoms with van der Waals surface area (Å²) in [4.78, 5) is 22.0. The van der Waals surface area contributed by atoms with Crippen LogP contribution < -0.4 is 0 Å². The van der Waals surface area contributed by atoms with Gasteiger partial charge in [-0.2, -0.15) is 0 Å². The van der Waals surface area contributed by atoms with Crippen LogP contribution in [0.25, 0.3) is 0 Å². The first-order valence-corrected chi connectivity index (χ1v) is 6.51. The molecule has 0 bridgehead atoms. The summed E-state index contributed by atoms with van der Waals surface area (Å²) in [5, 5.41) is 8.74. The molecule has 0 aliphatic carbocycles. The Morgan fingerprint density at radius 3 is 2.35 bits per heavy atom. The molecule has 0 aliphatic rings. The summed E-state index contributed by atoms with van der Waals surface area (Å²) in [6.45, 7) is 4.02. The molecule has 0 heterocycles. The third-order valence-corrected chi connectivity index (χ3v) is 2.53. The lowest BCUT2D eigenvalue weighted by Crippen LogP contribution is -2.21. The van der Waals surface area contributed by atoms with Crippen LogP contribution in [-0.2, 0) is 14.3 Å². The quantitative estimate of drug-likeness (QED) is 0.473. The Morgan fingerprint density at radius 1 is 1.12 bits per heavy atom. The van der Waals surface area contributed by atoms with Crippen molar-refractivity contribution in [3.63, 3.8) is 0 Å². The van der Waals surface area contributed by atoms with Crippen molar-refractivity contribution < 1.29 is 19.4 Å². The van der Waals surface area contributed by atoms with E-state index in [2.05, 4.69) is 6.92 Å². The first-order chi connectivity index (χ1) is 8.10. The molecular formula is C13H24O4. The molecular weight excluding hydrogens is 220 g/mol. The molecule has 0 aromatic carbocycles. The molecule has 0 radical (unpaired) electrons. The summed E-state index contributed by atoms with van der Waals surface area (Å²) in [6, 6.07) is 0. The van der Waals surface area contributed by atoms with Gasteiger partial charge >= 0.3 is 11.9 Å². The molecule has 1 N–H and O–H groups in total. The van der Waals surface area contributed by atoms with E-state index in [9.17, 15) is 9.59 Å². The van der Waals surface area contributed by atoms with Crippen LogP contribution in [0.15, 0.2) is 0 Å². The number of aliphatic carboxylic acids is 1. The summed E-state index contributed by atoms with van der Waals surface area (Å²) in [7, 11) is 0. The summed E-state index contributed by atoms with van der Waals surface area (Å²) >= 11 is 0. The molecule has 0 aromatic heterocycles. The van der Waals surface area contributed by atoms with E-state index in [-0.39, 0.29) is 12.4 Å². The van der Waals surface area contributed by atoms with E-state index in [4.69, 9.17) is 9.84 Å². The molecule has 1 atom stereocenters. The van der Waals surface area contributed by atoms with Crippen molar-refractivity contribution >= 4 is 11.9 Å². The summed E-state index contributed by atoms with van der Waals surface area (Å²) in [5.74, 6) is -1.19. The van der Waals surface area contributed by atoms with Crippen molar-refractivity contribution in [3.05, 3.63) is 0 Å². The molecule has 4 nitrogen and oxygen atoms in total. The summed E-state index contributed by atoms with van der Waals surface area (Å²) in [5.41, 5.74) is 0. The second kappa shape index (κ2) is 10.1. The van der Waals surface area contributed by atoms with Gasteiger partial charge in [0.1, 0.15) is 6.10 Å². The van der Waals surface area contributed by atoms with Gasteiger partial charge in [-0.05, 0) is 19.3 Å². The van der Waals surface area contributed by atoms with Crippen LogP contribution in [0.5, 0.6) is 0 Å².